The first-order valence-corrected chi connectivity index (χ1v) is 7.14. The van der Waals surface area contributed by atoms with E-state index in [0.29, 0.717) is 0 Å². The molecule has 1 fully saturated rings. The maximum atomic E-state index is 14.3. The van der Waals surface area contributed by atoms with Crippen LogP contribution in [0.4, 0.5) is 35.1 Å². The highest BCUT2D eigenvalue weighted by molar-refractivity contribution is 8.01. The van der Waals surface area contributed by atoms with E-state index in [1.165, 1.54) is 24.4 Å². The number of alkyl halides is 8. The second kappa shape index (κ2) is 6.42. The quantitative estimate of drug-likeness (QED) is 0.648. The second-order valence-electron chi connectivity index (χ2n) is 4.79. The Morgan fingerprint density at radius 1 is 1.00 bits per heavy atom. The molecular formula is C12H10F8N2S. The molecule has 11 heteroatoms. The van der Waals surface area contributed by atoms with E-state index < -0.39 is 53.1 Å². The largest absolute Gasteiger partial charge is 0.464 e. The number of hydrogen-bond acceptors (Lipinski definition) is 3. The highest BCUT2D eigenvalue weighted by Gasteiger charge is 2.62. The molecule has 0 amide bonds. The van der Waals surface area contributed by atoms with Crippen LogP contribution in [0.3, 0.4) is 0 Å². The molecule has 1 aromatic heterocycles. The van der Waals surface area contributed by atoms with Crippen LogP contribution in [0, 0.1) is 0 Å². The Hall–Kier alpha value is -1.10. The van der Waals surface area contributed by atoms with Gasteiger partial charge in [0.2, 0.25) is 0 Å². The van der Waals surface area contributed by atoms with Crippen LogP contribution in [0.15, 0.2) is 24.4 Å². The lowest BCUT2D eigenvalue weighted by molar-refractivity contribution is -0.238. The molecule has 1 aliphatic heterocycles. The molecule has 1 saturated heterocycles. The Balaban J connectivity index is 2.27. The lowest BCUT2D eigenvalue weighted by Crippen LogP contribution is -2.56. The van der Waals surface area contributed by atoms with Gasteiger partial charge in [-0.2, -0.15) is 22.0 Å². The summed E-state index contributed by atoms with van der Waals surface area (Å²) in [6, 6.07) is 2.41. The van der Waals surface area contributed by atoms with Crippen molar-refractivity contribution in [3.63, 3.8) is 0 Å². The molecule has 130 valence electrons. The molecule has 5 unspecified atom stereocenters. The smallest absolute Gasteiger partial charge is 0.274 e. The molecule has 0 radical (unpaired) electrons. The van der Waals surface area contributed by atoms with E-state index in [1.807, 2.05) is 5.32 Å². The van der Waals surface area contributed by atoms with E-state index in [4.69, 9.17) is 0 Å². The summed E-state index contributed by atoms with van der Waals surface area (Å²) in [5, 5.41) is -6.08. The van der Waals surface area contributed by atoms with Crippen molar-refractivity contribution in [3.05, 3.63) is 30.1 Å². The lowest BCUT2D eigenvalue weighted by atomic mass is 9.97. The number of nitrogens with one attached hydrogen (secondary N) is 1. The van der Waals surface area contributed by atoms with Crippen LogP contribution in [0.5, 0.6) is 0 Å². The summed E-state index contributed by atoms with van der Waals surface area (Å²) < 4.78 is 104. The molecule has 0 saturated carbocycles. The average Bonchev–Trinajstić information content (AvgIpc) is 2.47. The molecule has 2 rings (SSSR count). The van der Waals surface area contributed by atoms with Crippen LogP contribution in [-0.4, -0.2) is 40.3 Å². The first kappa shape index (κ1) is 18.2. The van der Waals surface area contributed by atoms with Gasteiger partial charge in [-0.3, -0.25) is 10.3 Å². The van der Waals surface area contributed by atoms with E-state index in [0.717, 1.165) is 0 Å². The zero-order valence-electron chi connectivity index (χ0n) is 11.1. The number of nitrogens with zero attached hydrogens (tertiary/aromatic N) is 1. The number of pyridine rings is 1. The molecule has 5 atom stereocenters. The van der Waals surface area contributed by atoms with Crippen molar-refractivity contribution in [1.29, 1.82) is 0 Å². The lowest BCUT2D eigenvalue weighted by Gasteiger charge is -2.39. The standard InChI is InChI=1S/C12H10F8N2S/c13-6-8(5-3-1-2-4-21-5)22-10(15)7(14)9(6)23-12(19,20)11(16,17)18/h1-4,6-10,22H. The first-order valence-electron chi connectivity index (χ1n) is 6.26. The van der Waals surface area contributed by atoms with E-state index in [9.17, 15) is 35.1 Å². The minimum atomic E-state index is -6.01. The number of rotatable bonds is 3. The monoisotopic (exact) mass is 366 g/mol. The molecule has 0 bridgehead atoms. The second-order valence-corrected chi connectivity index (χ2v) is 6.08. The van der Waals surface area contributed by atoms with Gasteiger partial charge in [0.05, 0.1) is 17.0 Å². The van der Waals surface area contributed by atoms with Crippen LogP contribution in [-0.2, 0) is 0 Å². The third-order valence-corrected chi connectivity index (χ3v) is 4.50. The zero-order valence-corrected chi connectivity index (χ0v) is 11.9. The van der Waals surface area contributed by atoms with Gasteiger partial charge < -0.3 is 0 Å². The number of hydrogen-bond donors (Lipinski definition) is 1. The summed E-state index contributed by atoms with van der Waals surface area (Å²) in [5.74, 6) is 0. The topological polar surface area (TPSA) is 24.9 Å². The van der Waals surface area contributed by atoms with Crippen molar-refractivity contribution < 1.29 is 35.1 Å². The summed E-state index contributed by atoms with van der Waals surface area (Å²) in [7, 11) is 0. The number of aromatic nitrogens is 1. The summed E-state index contributed by atoms with van der Waals surface area (Å²) in [6.45, 7) is 0. The van der Waals surface area contributed by atoms with E-state index in [1.54, 1.807) is 0 Å². The Kier molecular flexibility index (Phi) is 5.09. The molecule has 1 N–H and O–H groups in total. The number of halogens is 8. The van der Waals surface area contributed by atoms with E-state index >= 15 is 0 Å². The van der Waals surface area contributed by atoms with Crippen molar-refractivity contribution in [1.82, 2.24) is 10.3 Å². The molecule has 0 spiro atoms. The highest BCUT2D eigenvalue weighted by atomic mass is 32.2. The van der Waals surface area contributed by atoms with Gasteiger partial charge in [0.15, 0.2) is 12.5 Å². The van der Waals surface area contributed by atoms with Gasteiger partial charge >= 0.3 is 11.4 Å². The molecule has 2 heterocycles. The minimum Gasteiger partial charge on any atom is -0.274 e. The maximum absolute atomic E-state index is 14.3. The summed E-state index contributed by atoms with van der Waals surface area (Å²) in [5.41, 5.74) is -0.129. The summed E-state index contributed by atoms with van der Waals surface area (Å²) in [4.78, 5) is 3.68. The Morgan fingerprint density at radius 3 is 2.17 bits per heavy atom. The Labute approximate surface area is 129 Å². The third kappa shape index (κ3) is 3.70. The van der Waals surface area contributed by atoms with E-state index in [2.05, 4.69) is 4.98 Å². The number of thioether (sulfide) groups is 1. The van der Waals surface area contributed by atoms with Crippen molar-refractivity contribution in [2.45, 2.75) is 41.4 Å². The fourth-order valence-electron chi connectivity index (χ4n) is 2.06. The maximum Gasteiger partial charge on any atom is 0.464 e. The average molecular weight is 366 g/mol. The van der Waals surface area contributed by atoms with Gasteiger partial charge in [-0.15, -0.1) is 0 Å². The molecule has 0 aliphatic carbocycles. The predicted molar refractivity (Wildman–Crippen MR) is 67.2 cm³/mol. The van der Waals surface area contributed by atoms with Gasteiger partial charge in [-0.25, -0.2) is 13.2 Å². The Morgan fingerprint density at radius 2 is 1.65 bits per heavy atom. The fraction of sp³-hybridized carbons (Fsp3) is 0.583. The number of piperidine rings is 1. The van der Waals surface area contributed by atoms with Gasteiger partial charge in [0.25, 0.3) is 0 Å². The van der Waals surface area contributed by atoms with Gasteiger partial charge in [0.1, 0.15) is 6.17 Å². The third-order valence-electron chi connectivity index (χ3n) is 3.19. The van der Waals surface area contributed by atoms with Crippen molar-refractivity contribution >= 4 is 11.8 Å². The Bertz CT molecular complexity index is 526. The molecular weight excluding hydrogens is 356 g/mol. The molecule has 0 aromatic carbocycles. The zero-order chi connectivity index (χ0) is 17.4. The molecule has 1 aromatic rings. The van der Waals surface area contributed by atoms with Crippen LogP contribution in [0.2, 0.25) is 0 Å². The molecule has 2 nitrogen and oxygen atoms in total. The van der Waals surface area contributed by atoms with Gasteiger partial charge in [-0.1, -0.05) is 17.8 Å². The van der Waals surface area contributed by atoms with Crippen LogP contribution < -0.4 is 5.32 Å². The van der Waals surface area contributed by atoms with Crippen LogP contribution in [0.25, 0.3) is 0 Å². The summed E-state index contributed by atoms with van der Waals surface area (Å²) in [6.07, 6.45) is -12.8. The van der Waals surface area contributed by atoms with Crippen molar-refractivity contribution in [2.75, 3.05) is 0 Å². The molecule has 23 heavy (non-hydrogen) atoms. The predicted octanol–water partition coefficient (Wildman–Crippen LogP) is 3.95. The fourth-order valence-corrected chi connectivity index (χ4v) is 3.09. The highest BCUT2D eigenvalue weighted by Crippen LogP contribution is 2.50. The van der Waals surface area contributed by atoms with E-state index in [-0.39, 0.29) is 5.69 Å². The first-order chi connectivity index (χ1) is 10.5. The summed E-state index contributed by atoms with van der Waals surface area (Å²) >= 11 is -1.27. The minimum absolute atomic E-state index is 0.129. The van der Waals surface area contributed by atoms with Crippen LogP contribution >= 0.6 is 11.8 Å². The van der Waals surface area contributed by atoms with Crippen LogP contribution in [0.1, 0.15) is 11.7 Å². The SMILES string of the molecule is FC1NC(c2ccccn2)C(F)C(SC(F)(F)C(F)(F)F)C1F. The molecule has 1 aliphatic rings. The van der Waals surface area contributed by atoms with Crippen molar-refractivity contribution in [3.8, 4) is 0 Å². The van der Waals surface area contributed by atoms with Gasteiger partial charge in [0, 0.05) is 6.20 Å². The van der Waals surface area contributed by atoms with Gasteiger partial charge in [-0.05, 0) is 12.1 Å². The van der Waals surface area contributed by atoms with Crippen molar-refractivity contribution in [2.24, 2.45) is 0 Å². The normalized spacial score (nSPS) is 32.8.